The van der Waals surface area contributed by atoms with Gasteiger partial charge in [0.25, 0.3) is 0 Å². The zero-order valence-electron chi connectivity index (χ0n) is 21.3. The van der Waals surface area contributed by atoms with Crippen molar-refractivity contribution in [3.05, 3.63) is 88.7 Å². The summed E-state index contributed by atoms with van der Waals surface area (Å²) in [5.74, 6) is 2.93. The molecule has 1 aliphatic carbocycles. The number of fused-ring (bicyclic) bond motifs is 3. The van der Waals surface area contributed by atoms with Gasteiger partial charge in [-0.05, 0) is 28.7 Å². The molecule has 37 heavy (non-hydrogen) atoms. The van der Waals surface area contributed by atoms with Gasteiger partial charge in [-0.3, -0.25) is 4.79 Å². The Labute approximate surface area is 214 Å². The van der Waals surface area contributed by atoms with E-state index in [2.05, 4.69) is 18.8 Å². The molecule has 0 radical (unpaired) electrons. The summed E-state index contributed by atoms with van der Waals surface area (Å²) in [7, 11) is 3.23. The molecular weight excluding hydrogens is 468 g/mol. The molecule has 2 aliphatic rings. The van der Waals surface area contributed by atoms with Gasteiger partial charge in [0.05, 0.1) is 19.8 Å². The first kappa shape index (κ1) is 23.2. The van der Waals surface area contributed by atoms with E-state index in [-0.39, 0.29) is 17.1 Å². The van der Waals surface area contributed by atoms with Gasteiger partial charge in [0.15, 0.2) is 28.8 Å². The second-order valence-electron chi connectivity index (χ2n) is 10.3. The van der Waals surface area contributed by atoms with E-state index in [0.29, 0.717) is 59.4 Å². The van der Waals surface area contributed by atoms with E-state index >= 15 is 0 Å². The summed E-state index contributed by atoms with van der Waals surface area (Å²) in [4.78, 5) is 23.0. The summed E-state index contributed by atoms with van der Waals surface area (Å²) in [6.07, 6.45) is 3.28. The number of benzene rings is 2. The van der Waals surface area contributed by atoms with Gasteiger partial charge in [0.2, 0.25) is 5.88 Å². The minimum atomic E-state index is -0.321. The number of hydrogen-bond acceptors (Lipinski definition) is 7. The largest absolute Gasteiger partial charge is 0.493 e. The van der Waals surface area contributed by atoms with Crippen LogP contribution in [-0.4, -0.2) is 39.6 Å². The third-order valence-electron chi connectivity index (χ3n) is 7.05. The molecule has 3 heterocycles. The lowest BCUT2D eigenvalue weighted by atomic mass is 9.70. The van der Waals surface area contributed by atoms with Crippen molar-refractivity contribution in [2.75, 3.05) is 14.2 Å². The monoisotopic (exact) mass is 496 g/mol. The number of allylic oxidation sites excluding steroid dienone is 2. The maximum Gasteiger partial charge on any atom is 0.228 e. The van der Waals surface area contributed by atoms with Crippen molar-refractivity contribution < 1.29 is 19.0 Å². The van der Waals surface area contributed by atoms with E-state index in [0.717, 1.165) is 16.7 Å². The predicted molar refractivity (Wildman–Crippen MR) is 137 cm³/mol. The molecule has 0 N–H and O–H groups in total. The molecule has 4 aromatic rings. The van der Waals surface area contributed by atoms with Crippen molar-refractivity contribution in [1.29, 1.82) is 0 Å². The quantitative estimate of drug-likeness (QED) is 0.388. The molecule has 6 rings (SSSR count). The summed E-state index contributed by atoms with van der Waals surface area (Å²) in [6, 6.07) is 15.8. The Bertz CT molecular complexity index is 1560. The number of rotatable bonds is 5. The van der Waals surface area contributed by atoms with Crippen molar-refractivity contribution >= 4 is 11.4 Å². The molecule has 8 heteroatoms. The van der Waals surface area contributed by atoms with E-state index in [1.165, 1.54) is 0 Å². The summed E-state index contributed by atoms with van der Waals surface area (Å²) in [6.45, 7) is 4.20. The molecule has 0 saturated heterocycles. The highest BCUT2D eigenvalue weighted by Crippen LogP contribution is 2.50. The molecule has 0 fully saturated rings. The van der Waals surface area contributed by atoms with Gasteiger partial charge < -0.3 is 14.2 Å². The number of carbonyl (C=O) groups excluding carboxylic acids is 1. The Morgan fingerprint density at radius 3 is 2.59 bits per heavy atom. The Balaban J connectivity index is 1.47. The maximum atomic E-state index is 13.5. The number of Topliss-reactive ketones (excluding diaryl/α,β-unsaturated/α-hetero) is 1. The Morgan fingerprint density at radius 2 is 1.84 bits per heavy atom. The fraction of sp³-hybridized carbons (Fsp3) is 0.310. The lowest BCUT2D eigenvalue weighted by molar-refractivity contribution is -0.118. The second-order valence-corrected chi connectivity index (χ2v) is 10.3. The normalized spacial score (nSPS) is 18.3. The number of hydrogen-bond donors (Lipinski definition) is 0. The van der Waals surface area contributed by atoms with Gasteiger partial charge in [-0.15, -0.1) is 5.10 Å². The first-order chi connectivity index (χ1) is 17.9. The highest BCUT2D eigenvalue weighted by molar-refractivity contribution is 6.00. The van der Waals surface area contributed by atoms with Crippen molar-refractivity contribution in [3.63, 3.8) is 0 Å². The van der Waals surface area contributed by atoms with E-state index < -0.39 is 0 Å². The number of aromatic nitrogens is 4. The fourth-order valence-corrected chi connectivity index (χ4v) is 5.42. The van der Waals surface area contributed by atoms with E-state index in [9.17, 15) is 4.79 Å². The van der Waals surface area contributed by atoms with Gasteiger partial charge in [-0.25, -0.2) is 14.5 Å². The summed E-state index contributed by atoms with van der Waals surface area (Å²) in [5.41, 5.74) is 3.94. The van der Waals surface area contributed by atoms with Crippen molar-refractivity contribution in [1.82, 2.24) is 19.6 Å². The Hall–Kier alpha value is -4.20. The SMILES string of the molecule is COc1ccc(Cc2nc3c4c(ncn3n2)OC2=C(C(=O)CC(C)(C)C2)[C@H]4c2ccccc2)cc1OC. The van der Waals surface area contributed by atoms with Crippen LogP contribution in [0.1, 0.15) is 55.1 Å². The fourth-order valence-electron chi connectivity index (χ4n) is 5.42. The van der Waals surface area contributed by atoms with Crippen LogP contribution in [0.5, 0.6) is 17.4 Å². The molecule has 8 nitrogen and oxygen atoms in total. The lowest BCUT2D eigenvalue weighted by Crippen LogP contribution is -2.33. The number of carbonyl (C=O) groups is 1. The van der Waals surface area contributed by atoms with Crippen LogP contribution in [0.3, 0.4) is 0 Å². The predicted octanol–water partition coefficient (Wildman–Crippen LogP) is 4.90. The van der Waals surface area contributed by atoms with Gasteiger partial charge in [-0.2, -0.15) is 0 Å². The molecule has 2 aromatic carbocycles. The lowest BCUT2D eigenvalue weighted by Gasteiger charge is -2.37. The number of ether oxygens (including phenoxy) is 3. The average Bonchev–Trinajstić information content (AvgIpc) is 3.29. The van der Waals surface area contributed by atoms with Crippen molar-refractivity contribution in [2.45, 2.75) is 39.0 Å². The first-order valence-corrected chi connectivity index (χ1v) is 12.3. The Kier molecular flexibility index (Phi) is 5.47. The molecule has 1 atom stereocenters. The number of ketones is 1. The summed E-state index contributed by atoms with van der Waals surface area (Å²) >= 11 is 0. The van der Waals surface area contributed by atoms with E-state index in [1.54, 1.807) is 25.1 Å². The zero-order chi connectivity index (χ0) is 25.7. The number of nitrogens with zero attached hydrogens (tertiary/aromatic N) is 4. The second kappa shape index (κ2) is 8.73. The van der Waals surface area contributed by atoms with Crippen LogP contribution in [-0.2, 0) is 11.2 Å². The molecule has 1 aliphatic heterocycles. The van der Waals surface area contributed by atoms with Crippen molar-refractivity contribution in [3.8, 4) is 17.4 Å². The van der Waals surface area contributed by atoms with Crippen LogP contribution >= 0.6 is 0 Å². The summed E-state index contributed by atoms with van der Waals surface area (Å²) in [5, 5.41) is 4.70. The Morgan fingerprint density at radius 1 is 1.05 bits per heavy atom. The molecule has 0 unspecified atom stereocenters. The van der Waals surface area contributed by atoms with Gasteiger partial charge in [0.1, 0.15) is 12.1 Å². The van der Waals surface area contributed by atoms with Gasteiger partial charge >= 0.3 is 0 Å². The minimum Gasteiger partial charge on any atom is -0.493 e. The van der Waals surface area contributed by atoms with Crippen LogP contribution in [0.15, 0.2) is 66.2 Å². The van der Waals surface area contributed by atoms with Gasteiger partial charge in [-0.1, -0.05) is 50.2 Å². The smallest absolute Gasteiger partial charge is 0.228 e. The van der Waals surface area contributed by atoms with E-state index in [1.807, 2.05) is 48.5 Å². The van der Waals surface area contributed by atoms with E-state index in [4.69, 9.17) is 24.3 Å². The third-order valence-corrected chi connectivity index (χ3v) is 7.05. The van der Waals surface area contributed by atoms with Crippen LogP contribution in [0.25, 0.3) is 5.65 Å². The highest BCUT2D eigenvalue weighted by atomic mass is 16.5. The van der Waals surface area contributed by atoms with Crippen molar-refractivity contribution in [2.24, 2.45) is 5.41 Å². The molecule has 0 saturated carbocycles. The minimum absolute atomic E-state index is 0.109. The topological polar surface area (TPSA) is 87.8 Å². The van der Waals surface area contributed by atoms with Gasteiger partial charge in [0, 0.05) is 30.8 Å². The van der Waals surface area contributed by atoms with Crippen LogP contribution in [0, 0.1) is 5.41 Å². The zero-order valence-corrected chi connectivity index (χ0v) is 21.3. The molecule has 0 bridgehead atoms. The highest BCUT2D eigenvalue weighted by Gasteiger charge is 2.43. The van der Waals surface area contributed by atoms with Crippen LogP contribution < -0.4 is 14.2 Å². The number of methoxy groups -OCH3 is 2. The molecule has 0 amide bonds. The molecule has 2 aromatic heterocycles. The molecule has 188 valence electrons. The van der Waals surface area contributed by atoms with Crippen LogP contribution in [0.2, 0.25) is 0 Å². The standard InChI is InChI=1S/C29H28N4O4/c1-29(2)14-19(34)25-22(15-29)37-28-26(24(25)18-8-6-5-7-9-18)27-31-23(32-33(27)16-30-28)13-17-10-11-20(35-3)21(12-17)36-4/h5-12,16,24H,13-15H2,1-4H3/t24-/m1/s1. The third kappa shape index (κ3) is 4.02. The maximum absolute atomic E-state index is 13.5. The van der Waals surface area contributed by atoms with Crippen LogP contribution in [0.4, 0.5) is 0 Å². The first-order valence-electron chi connectivity index (χ1n) is 12.3. The molecule has 0 spiro atoms. The summed E-state index contributed by atoms with van der Waals surface area (Å²) < 4.78 is 18.8. The average molecular weight is 497 g/mol. The molecular formula is C29H28N4O4.